The first kappa shape index (κ1) is 15.7. The Kier molecular flexibility index (Phi) is 5.12. The molecular formula is C16H20N2O2S. The minimum absolute atomic E-state index is 0.313. The zero-order valence-electron chi connectivity index (χ0n) is 12.2. The summed E-state index contributed by atoms with van der Waals surface area (Å²) in [6, 6.07) is 11.9. The first-order chi connectivity index (χ1) is 10.0. The molecule has 0 aliphatic heterocycles. The fourth-order valence-electron chi connectivity index (χ4n) is 2.49. The highest BCUT2D eigenvalue weighted by molar-refractivity contribution is 7.80. The van der Waals surface area contributed by atoms with Crippen molar-refractivity contribution in [2.24, 2.45) is 5.73 Å². The molecule has 2 aromatic carbocycles. The van der Waals surface area contributed by atoms with E-state index in [1.54, 1.807) is 7.11 Å². The molecule has 1 unspecified atom stereocenters. The number of fused-ring (bicyclic) bond motifs is 1. The smallest absolute Gasteiger partial charge is 0.104 e. The molecule has 5 heteroatoms. The van der Waals surface area contributed by atoms with Crippen molar-refractivity contribution >= 4 is 33.7 Å². The fourth-order valence-corrected chi connectivity index (χ4v) is 2.67. The maximum Gasteiger partial charge on any atom is 0.104 e. The van der Waals surface area contributed by atoms with Crippen LogP contribution in [-0.4, -0.2) is 43.5 Å². The van der Waals surface area contributed by atoms with E-state index in [0.717, 1.165) is 22.0 Å². The van der Waals surface area contributed by atoms with Crippen molar-refractivity contribution in [2.45, 2.75) is 6.10 Å². The van der Waals surface area contributed by atoms with Gasteiger partial charge in [0.15, 0.2) is 0 Å². The number of benzene rings is 2. The summed E-state index contributed by atoms with van der Waals surface area (Å²) in [6.07, 6.45) is -0.533. The van der Waals surface area contributed by atoms with Gasteiger partial charge in [-0.05, 0) is 17.5 Å². The highest BCUT2D eigenvalue weighted by Gasteiger charge is 2.13. The van der Waals surface area contributed by atoms with Gasteiger partial charge in [0, 0.05) is 37.3 Å². The lowest BCUT2D eigenvalue weighted by molar-refractivity contribution is 0.0695. The van der Waals surface area contributed by atoms with Gasteiger partial charge < -0.3 is 20.5 Å². The van der Waals surface area contributed by atoms with Gasteiger partial charge in [-0.25, -0.2) is 0 Å². The van der Waals surface area contributed by atoms with Crippen LogP contribution in [0.1, 0.15) is 5.56 Å². The van der Waals surface area contributed by atoms with Crippen molar-refractivity contribution in [3.05, 3.63) is 42.0 Å². The van der Waals surface area contributed by atoms with E-state index < -0.39 is 6.10 Å². The van der Waals surface area contributed by atoms with E-state index in [-0.39, 0.29) is 0 Å². The summed E-state index contributed by atoms with van der Waals surface area (Å²) in [5.74, 6) is 0. The summed E-state index contributed by atoms with van der Waals surface area (Å²) >= 11 is 5.11. The number of methoxy groups -OCH3 is 1. The van der Waals surface area contributed by atoms with Crippen molar-refractivity contribution in [2.75, 3.05) is 32.2 Å². The van der Waals surface area contributed by atoms with Crippen molar-refractivity contribution in [1.29, 1.82) is 0 Å². The zero-order valence-corrected chi connectivity index (χ0v) is 13.1. The van der Waals surface area contributed by atoms with E-state index in [1.807, 2.05) is 48.3 Å². The molecule has 0 spiro atoms. The molecule has 2 rings (SSSR count). The highest BCUT2D eigenvalue weighted by Crippen LogP contribution is 2.29. The summed E-state index contributed by atoms with van der Waals surface area (Å²) < 4.78 is 4.97. The minimum Gasteiger partial charge on any atom is -0.389 e. The maximum atomic E-state index is 9.89. The Balaban J connectivity index is 2.41. The van der Waals surface area contributed by atoms with Crippen LogP contribution in [0.25, 0.3) is 10.8 Å². The number of ether oxygens (including phenoxy) is 1. The normalized spacial score (nSPS) is 12.3. The molecule has 0 saturated heterocycles. The number of hydrogen-bond donors (Lipinski definition) is 2. The van der Waals surface area contributed by atoms with Gasteiger partial charge in [0.05, 0.1) is 12.7 Å². The van der Waals surface area contributed by atoms with Crippen LogP contribution >= 0.6 is 12.2 Å². The molecule has 0 aliphatic carbocycles. The third-order valence-electron chi connectivity index (χ3n) is 3.42. The van der Waals surface area contributed by atoms with Gasteiger partial charge in [0.1, 0.15) is 4.99 Å². The number of nitrogens with two attached hydrogens (primary N) is 1. The standard InChI is InChI=1S/C16H20N2O2S/c1-18(9-11(19)10-20-2)15-8-7-14(16(17)21)12-5-3-4-6-13(12)15/h3-8,11,19H,9-10H2,1-2H3,(H2,17,21). The molecule has 112 valence electrons. The molecular weight excluding hydrogens is 284 g/mol. The summed E-state index contributed by atoms with van der Waals surface area (Å²) in [6.45, 7) is 0.803. The lowest BCUT2D eigenvalue weighted by Crippen LogP contribution is -2.32. The Bertz CT molecular complexity index is 645. The van der Waals surface area contributed by atoms with Crippen LogP contribution in [-0.2, 0) is 4.74 Å². The molecule has 0 amide bonds. The van der Waals surface area contributed by atoms with Crippen LogP contribution in [0.15, 0.2) is 36.4 Å². The van der Waals surface area contributed by atoms with Crippen LogP contribution in [0, 0.1) is 0 Å². The lowest BCUT2D eigenvalue weighted by Gasteiger charge is -2.24. The van der Waals surface area contributed by atoms with Crippen molar-refractivity contribution in [1.82, 2.24) is 0 Å². The molecule has 0 saturated carbocycles. The van der Waals surface area contributed by atoms with Crippen LogP contribution in [0.2, 0.25) is 0 Å². The highest BCUT2D eigenvalue weighted by atomic mass is 32.1. The van der Waals surface area contributed by atoms with Crippen molar-refractivity contribution in [3.63, 3.8) is 0 Å². The molecule has 1 atom stereocenters. The van der Waals surface area contributed by atoms with Gasteiger partial charge >= 0.3 is 0 Å². The topological polar surface area (TPSA) is 58.7 Å². The number of hydrogen-bond acceptors (Lipinski definition) is 4. The van der Waals surface area contributed by atoms with Gasteiger partial charge in [-0.2, -0.15) is 0 Å². The number of aliphatic hydroxyl groups excluding tert-OH is 1. The predicted octanol–water partition coefficient (Wildman–Crippen LogP) is 1.92. The minimum atomic E-state index is -0.533. The number of likely N-dealkylation sites (N-methyl/N-ethyl adjacent to an activating group) is 1. The average Bonchev–Trinajstić information content (AvgIpc) is 2.45. The Morgan fingerprint density at radius 2 is 1.95 bits per heavy atom. The molecule has 0 aromatic heterocycles. The quantitative estimate of drug-likeness (QED) is 0.799. The maximum absolute atomic E-state index is 9.89. The SMILES string of the molecule is COCC(O)CN(C)c1ccc(C(N)=S)c2ccccc12. The number of rotatable bonds is 6. The Labute approximate surface area is 130 Å². The van der Waals surface area contributed by atoms with Gasteiger partial charge in [0.2, 0.25) is 0 Å². The second-order valence-electron chi connectivity index (χ2n) is 5.03. The average molecular weight is 304 g/mol. The molecule has 2 aromatic rings. The summed E-state index contributed by atoms with van der Waals surface area (Å²) in [5.41, 5.74) is 7.69. The van der Waals surface area contributed by atoms with Crippen LogP contribution < -0.4 is 10.6 Å². The molecule has 0 radical (unpaired) electrons. The van der Waals surface area contributed by atoms with Crippen molar-refractivity contribution < 1.29 is 9.84 Å². The molecule has 0 fully saturated rings. The number of aliphatic hydroxyl groups is 1. The second kappa shape index (κ2) is 6.85. The predicted molar refractivity (Wildman–Crippen MR) is 91.0 cm³/mol. The van der Waals surface area contributed by atoms with E-state index >= 15 is 0 Å². The second-order valence-corrected chi connectivity index (χ2v) is 5.47. The third kappa shape index (κ3) is 3.50. The van der Waals surface area contributed by atoms with Gasteiger partial charge in [0.25, 0.3) is 0 Å². The van der Waals surface area contributed by atoms with E-state index in [4.69, 9.17) is 22.7 Å². The first-order valence-electron chi connectivity index (χ1n) is 6.74. The van der Waals surface area contributed by atoms with Crippen molar-refractivity contribution in [3.8, 4) is 0 Å². The van der Waals surface area contributed by atoms with E-state index in [0.29, 0.717) is 18.1 Å². The number of thiocarbonyl (C=S) groups is 1. The summed E-state index contributed by atoms with van der Waals surface area (Å²) in [5, 5.41) is 12.0. The third-order valence-corrected chi connectivity index (χ3v) is 3.64. The number of nitrogens with zero attached hydrogens (tertiary/aromatic N) is 1. The molecule has 0 aliphatic rings. The van der Waals surface area contributed by atoms with Crippen LogP contribution in [0.4, 0.5) is 5.69 Å². The molecule has 0 heterocycles. The first-order valence-corrected chi connectivity index (χ1v) is 7.15. The monoisotopic (exact) mass is 304 g/mol. The zero-order chi connectivity index (χ0) is 15.4. The summed E-state index contributed by atoms with van der Waals surface area (Å²) in [7, 11) is 3.52. The Hall–Kier alpha value is -1.69. The van der Waals surface area contributed by atoms with E-state index in [1.165, 1.54) is 0 Å². The molecule has 4 nitrogen and oxygen atoms in total. The lowest BCUT2D eigenvalue weighted by atomic mass is 10.0. The van der Waals surface area contributed by atoms with Gasteiger partial charge in [-0.1, -0.05) is 36.5 Å². The van der Waals surface area contributed by atoms with E-state index in [9.17, 15) is 5.11 Å². The van der Waals surface area contributed by atoms with Crippen LogP contribution in [0.3, 0.4) is 0 Å². The summed E-state index contributed by atoms with van der Waals surface area (Å²) in [4.78, 5) is 2.40. The Morgan fingerprint density at radius 3 is 2.57 bits per heavy atom. The molecule has 3 N–H and O–H groups in total. The van der Waals surface area contributed by atoms with Crippen LogP contribution in [0.5, 0.6) is 0 Å². The fraction of sp³-hybridized carbons (Fsp3) is 0.312. The number of anilines is 1. The largest absolute Gasteiger partial charge is 0.389 e. The van der Waals surface area contributed by atoms with Gasteiger partial charge in [-0.15, -0.1) is 0 Å². The Morgan fingerprint density at radius 1 is 1.29 bits per heavy atom. The van der Waals surface area contributed by atoms with E-state index in [2.05, 4.69) is 0 Å². The van der Waals surface area contributed by atoms with Gasteiger partial charge in [-0.3, -0.25) is 0 Å². The molecule has 21 heavy (non-hydrogen) atoms. The molecule has 0 bridgehead atoms.